The van der Waals surface area contributed by atoms with Crippen molar-refractivity contribution in [1.82, 2.24) is 20.4 Å². The lowest BCUT2D eigenvalue weighted by atomic mass is 10.0. The molecule has 0 saturated carbocycles. The lowest BCUT2D eigenvalue weighted by Gasteiger charge is -2.32. The van der Waals surface area contributed by atoms with Crippen molar-refractivity contribution in [1.29, 1.82) is 0 Å². The van der Waals surface area contributed by atoms with Crippen molar-refractivity contribution in [3.8, 4) is 0 Å². The highest BCUT2D eigenvalue weighted by Crippen LogP contribution is 2.16. The van der Waals surface area contributed by atoms with E-state index in [1.54, 1.807) is 0 Å². The molecule has 1 aromatic heterocycles. The molecule has 5 nitrogen and oxygen atoms in total. The van der Waals surface area contributed by atoms with Gasteiger partial charge in [0.25, 0.3) is 0 Å². The van der Waals surface area contributed by atoms with E-state index in [9.17, 15) is 0 Å². The Morgan fingerprint density at radius 2 is 2.28 bits per heavy atom. The molecule has 0 radical (unpaired) electrons. The van der Waals surface area contributed by atoms with Crippen LogP contribution in [0.1, 0.15) is 37.4 Å². The van der Waals surface area contributed by atoms with Gasteiger partial charge in [-0.05, 0) is 39.4 Å². The Labute approximate surface area is 109 Å². The molecule has 1 N–H and O–H groups in total. The molecule has 0 bridgehead atoms. The van der Waals surface area contributed by atoms with Crippen LogP contribution < -0.4 is 5.32 Å². The molecular formula is C13H24N4O. The summed E-state index contributed by atoms with van der Waals surface area (Å²) >= 11 is 0. The van der Waals surface area contributed by atoms with E-state index in [0.717, 1.165) is 31.4 Å². The highest BCUT2D eigenvalue weighted by atomic mass is 16.5. The molecule has 1 atom stereocenters. The maximum atomic E-state index is 4.94. The van der Waals surface area contributed by atoms with Gasteiger partial charge in [-0.2, -0.15) is 4.98 Å². The molecule has 0 aromatic carbocycles. The molecule has 18 heavy (non-hydrogen) atoms. The first kappa shape index (κ1) is 13.5. The molecule has 1 saturated heterocycles. The van der Waals surface area contributed by atoms with Crippen molar-refractivity contribution in [3.05, 3.63) is 11.7 Å². The molecule has 1 unspecified atom stereocenters. The van der Waals surface area contributed by atoms with Gasteiger partial charge in [-0.3, -0.25) is 0 Å². The molecule has 0 aliphatic carbocycles. The molecular weight excluding hydrogens is 228 g/mol. The molecule has 0 amide bonds. The summed E-state index contributed by atoms with van der Waals surface area (Å²) in [5, 5.41) is 7.34. The Morgan fingerprint density at radius 1 is 1.39 bits per heavy atom. The van der Waals surface area contributed by atoms with Gasteiger partial charge in [0.05, 0.1) is 0 Å². The van der Waals surface area contributed by atoms with Crippen LogP contribution in [0.3, 0.4) is 0 Å². The Morgan fingerprint density at radius 3 is 3.00 bits per heavy atom. The molecule has 5 heteroatoms. The minimum atomic E-state index is 0.647. The minimum Gasteiger partial charge on any atom is -0.340 e. The molecule has 1 aliphatic rings. The molecule has 1 fully saturated rings. The van der Waals surface area contributed by atoms with Crippen molar-refractivity contribution in [2.24, 2.45) is 0 Å². The Bertz CT molecular complexity index is 353. The highest BCUT2D eigenvalue weighted by molar-refractivity contribution is 4.84. The van der Waals surface area contributed by atoms with Crippen LogP contribution in [0.2, 0.25) is 0 Å². The lowest BCUT2D eigenvalue weighted by molar-refractivity contribution is 0.175. The molecule has 1 aromatic rings. The summed E-state index contributed by atoms with van der Waals surface area (Å²) in [6, 6.07) is 0.763. The fraction of sp³-hybridized carbons (Fsp3) is 0.846. The van der Waals surface area contributed by atoms with Crippen LogP contribution in [-0.4, -0.2) is 47.8 Å². The van der Waals surface area contributed by atoms with Gasteiger partial charge >= 0.3 is 0 Å². The average molecular weight is 252 g/mol. The first-order chi connectivity index (χ1) is 8.75. The van der Waals surface area contributed by atoms with Gasteiger partial charge in [0.1, 0.15) is 0 Å². The second-order valence-corrected chi connectivity index (χ2v) is 5.15. The third-order valence-corrected chi connectivity index (χ3v) is 3.67. The van der Waals surface area contributed by atoms with Gasteiger partial charge in [0.2, 0.25) is 5.89 Å². The maximum Gasteiger partial charge on any atom is 0.223 e. The normalized spacial score (nSPS) is 21.3. The quantitative estimate of drug-likeness (QED) is 0.775. The molecule has 2 heterocycles. The maximum absolute atomic E-state index is 4.94. The zero-order chi connectivity index (χ0) is 12.8. The van der Waals surface area contributed by atoms with Crippen molar-refractivity contribution >= 4 is 0 Å². The van der Waals surface area contributed by atoms with Crippen molar-refractivity contribution in [2.45, 2.75) is 45.1 Å². The van der Waals surface area contributed by atoms with Crippen molar-refractivity contribution in [2.75, 3.05) is 26.7 Å². The van der Waals surface area contributed by atoms with Gasteiger partial charge in [-0.15, -0.1) is 0 Å². The van der Waals surface area contributed by atoms with Crippen LogP contribution >= 0.6 is 0 Å². The van der Waals surface area contributed by atoms with Crippen LogP contribution in [0.4, 0.5) is 0 Å². The third kappa shape index (κ3) is 4.07. The van der Waals surface area contributed by atoms with E-state index in [1.807, 2.05) is 6.92 Å². The minimum absolute atomic E-state index is 0.647. The van der Waals surface area contributed by atoms with Gasteiger partial charge in [-0.25, -0.2) is 0 Å². The van der Waals surface area contributed by atoms with E-state index < -0.39 is 0 Å². The van der Waals surface area contributed by atoms with Crippen LogP contribution in [0.25, 0.3) is 0 Å². The van der Waals surface area contributed by atoms with Crippen LogP contribution in [-0.2, 0) is 6.42 Å². The number of aromatic nitrogens is 2. The molecule has 1 aliphatic heterocycles. The highest BCUT2D eigenvalue weighted by Gasteiger charge is 2.17. The summed E-state index contributed by atoms with van der Waals surface area (Å²) in [4.78, 5) is 6.68. The zero-order valence-electron chi connectivity index (χ0n) is 11.5. The standard InChI is InChI=1S/C13H24N4O/c1-11-15-13(16-18-11)7-9-14-8-6-12-5-3-4-10-17(12)2/h12,14H,3-10H2,1-2H3. The van der Waals surface area contributed by atoms with Crippen LogP contribution in [0.5, 0.6) is 0 Å². The largest absolute Gasteiger partial charge is 0.340 e. The molecule has 2 rings (SSSR count). The number of likely N-dealkylation sites (tertiary alicyclic amines) is 1. The van der Waals surface area contributed by atoms with E-state index in [0.29, 0.717) is 5.89 Å². The lowest BCUT2D eigenvalue weighted by Crippen LogP contribution is -2.38. The second-order valence-electron chi connectivity index (χ2n) is 5.15. The van der Waals surface area contributed by atoms with Crippen molar-refractivity contribution < 1.29 is 4.52 Å². The monoisotopic (exact) mass is 252 g/mol. The van der Waals surface area contributed by atoms with Crippen molar-refractivity contribution in [3.63, 3.8) is 0 Å². The van der Waals surface area contributed by atoms with E-state index in [2.05, 4.69) is 27.4 Å². The van der Waals surface area contributed by atoms with Gasteiger partial charge < -0.3 is 14.7 Å². The third-order valence-electron chi connectivity index (χ3n) is 3.67. The molecule has 102 valence electrons. The zero-order valence-corrected chi connectivity index (χ0v) is 11.5. The smallest absolute Gasteiger partial charge is 0.223 e. The van der Waals surface area contributed by atoms with Gasteiger partial charge in [0, 0.05) is 25.9 Å². The summed E-state index contributed by atoms with van der Waals surface area (Å²) in [6.45, 7) is 5.08. The number of hydrogen-bond donors (Lipinski definition) is 1. The molecule has 0 spiro atoms. The first-order valence-electron chi connectivity index (χ1n) is 6.96. The fourth-order valence-corrected chi connectivity index (χ4v) is 2.55. The van der Waals surface area contributed by atoms with E-state index in [4.69, 9.17) is 4.52 Å². The first-order valence-corrected chi connectivity index (χ1v) is 6.96. The summed E-state index contributed by atoms with van der Waals surface area (Å²) in [5.74, 6) is 1.45. The Balaban J connectivity index is 1.55. The predicted octanol–water partition coefficient (Wildman–Crippen LogP) is 1.38. The topological polar surface area (TPSA) is 54.2 Å². The number of rotatable bonds is 6. The fourth-order valence-electron chi connectivity index (χ4n) is 2.55. The summed E-state index contributed by atoms with van der Waals surface area (Å²) in [6.07, 6.45) is 6.18. The SMILES string of the molecule is Cc1nc(CCNCCC2CCCCN2C)no1. The van der Waals surface area contributed by atoms with Crippen LogP contribution in [0, 0.1) is 6.92 Å². The van der Waals surface area contributed by atoms with Gasteiger partial charge in [-0.1, -0.05) is 11.6 Å². The Hall–Kier alpha value is -0.940. The summed E-state index contributed by atoms with van der Waals surface area (Å²) < 4.78 is 4.94. The van der Waals surface area contributed by atoms with E-state index in [-0.39, 0.29) is 0 Å². The number of nitrogens with zero attached hydrogens (tertiary/aromatic N) is 3. The number of aryl methyl sites for hydroxylation is 1. The summed E-state index contributed by atoms with van der Waals surface area (Å²) in [7, 11) is 2.24. The predicted molar refractivity (Wildman–Crippen MR) is 70.5 cm³/mol. The summed E-state index contributed by atoms with van der Waals surface area (Å²) in [5.41, 5.74) is 0. The number of piperidine rings is 1. The average Bonchev–Trinajstić information content (AvgIpc) is 2.77. The Kier molecular flexibility index (Phi) is 5.13. The number of hydrogen-bond acceptors (Lipinski definition) is 5. The second kappa shape index (κ2) is 6.85. The van der Waals surface area contributed by atoms with E-state index in [1.165, 1.54) is 32.2 Å². The van der Waals surface area contributed by atoms with E-state index >= 15 is 0 Å². The van der Waals surface area contributed by atoms with Crippen LogP contribution in [0.15, 0.2) is 4.52 Å². The number of nitrogens with one attached hydrogen (secondary N) is 1. The van der Waals surface area contributed by atoms with Gasteiger partial charge in [0.15, 0.2) is 5.82 Å².